The van der Waals surface area contributed by atoms with E-state index in [1.165, 1.54) is 0 Å². The fourth-order valence-electron chi connectivity index (χ4n) is 2.14. The van der Waals surface area contributed by atoms with Gasteiger partial charge in [0.1, 0.15) is 0 Å². The molecule has 0 spiro atoms. The normalized spacial score (nSPS) is 22.5. The molecule has 2 rings (SSSR count). The molecule has 1 saturated heterocycles. The number of β-amino-alcohol motifs (C(OH)–C–C–N with tert-alkyl or cyclic N) is 1. The van der Waals surface area contributed by atoms with Crippen molar-refractivity contribution in [1.29, 1.82) is 0 Å². The molecule has 3 N–H and O–H groups in total. The molecule has 16 heavy (non-hydrogen) atoms. The van der Waals surface area contributed by atoms with Crippen LogP contribution in [0.1, 0.15) is 24.9 Å². The molecule has 1 aromatic carbocycles. The van der Waals surface area contributed by atoms with Gasteiger partial charge in [0.2, 0.25) is 0 Å². The maximum atomic E-state index is 9.58. The first-order chi connectivity index (χ1) is 7.58. The van der Waals surface area contributed by atoms with Crippen LogP contribution in [0.2, 0.25) is 0 Å². The number of rotatable bonds is 2. The van der Waals surface area contributed by atoms with Crippen molar-refractivity contribution in [3.63, 3.8) is 0 Å². The van der Waals surface area contributed by atoms with Gasteiger partial charge in [0, 0.05) is 29.3 Å². The Hall–Kier alpha value is -0.580. The highest BCUT2D eigenvalue weighted by molar-refractivity contribution is 9.10. The van der Waals surface area contributed by atoms with Crippen LogP contribution in [0.3, 0.4) is 0 Å². The largest absolute Gasteiger partial charge is 0.391 e. The lowest BCUT2D eigenvalue weighted by molar-refractivity contribution is 0.198. The molecule has 0 saturated carbocycles. The highest BCUT2D eigenvalue weighted by Crippen LogP contribution is 2.31. The van der Waals surface area contributed by atoms with Gasteiger partial charge in [0.15, 0.2) is 0 Å². The SMILES string of the molecule is CC(N)c1ccc(Br)cc1N1CCC(O)C1. The van der Waals surface area contributed by atoms with Gasteiger partial charge < -0.3 is 15.7 Å². The maximum Gasteiger partial charge on any atom is 0.0731 e. The van der Waals surface area contributed by atoms with E-state index in [0.717, 1.165) is 28.7 Å². The molecule has 1 heterocycles. The smallest absolute Gasteiger partial charge is 0.0731 e. The zero-order chi connectivity index (χ0) is 11.7. The van der Waals surface area contributed by atoms with E-state index >= 15 is 0 Å². The number of nitrogens with two attached hydrogens (primary N) is 1. The van der Waals surface area contributed by atoms with Crippen molar-refractivity contribution >= 4 is 21.6 Å². The Morgan fingerprint density at radius 3 is 2.88 bits per heavy atom. The average Bonchev–Trinajstić information content (AvgIpc) is 2.64. The van der Waals surface area contributed by atoms with Gasteiger partial charge >= 0.3 is 0 Å². The van der Waals surface area contributed by atoms with Gasteiger partial charge in [-0.15, -0.1) is 0 Å². The number of hydrogen-bond acceptors (Lipinski definition) is 3. The van der Waals surface area contributed by atoms with Crippen molar-refractivity contribution in [2.24, 2.45) is 5.73 Å². The van der Waals surface area contributed by atoms with Crippen LogP contribution >= 0.6 is 15.9 Å². The Morgan fingerprint density at radius 1 is 1.56 bits per heavy atom. The van der Waals surface area contributed by atoms with Crippen LogP contribution in [-0.4, -0.2) is 24.3 Å². The molecule has 1 fully saturated rings. The molecule has 2 unspecified atom stereocenters. The lowest BCUT2D eigenvalue weighted by Gasteiger charge is -2.23. The molecular formula is C12H17BrN2O. The molecule has 0 bridgehead atoms. The summed E-state index contributed by atoms with van der Waals surface area (Å²) in [7, 11) is 0. The molecule has 0 radical (unpaired) electrons. The first-order valence-corrected chi connectivity index (χ1v) is 6.35. The Bertz CT molecular complexity index is 381. The Kier molecular flexibility index (Phi) is 3.52. The van der Waals surface area contributed by atoms with E-state index in [1.54, 1.807) is 0 Å². The van der Waals surface area contributed by atoms with E-state index in [9.17, 15) is 5.11 Å². The van der Waals surface area contributed by atoms with Crippen LogP contribution in [0.4, 0.5) is 5.69 Å². The van der Waals surface area contributed by atoms with Crippen molar-refractivity contribution in [1.82, 2.24) is 0 Å². The monoisotopic (exact) mass is 284 g/mol. The molecule has 2 atom stereocenters. The predicted octanol–water partition coefficient (Wildman–Crippen LogP) is 2.04. The summed E-state index contributed by atoms with van der Waals surface area (Å²) in [4.78, 5) is 2.20. The molecule has 1 aliphatic rings. The summed E-state index contributed by atoms with van der Waals surface area (Å²) in [5, 5.41) is 9.58. The summed E-state index contributed by atoms with van der Waals surface area (Å²) < 4.78 is 1.05. The number of aliphatic hydroxyl groups excluding tert-OH is 1. The second-order valence-corrected chi connectivity index (χ2v) is 5.30. The highest BCUT2D eigenvalue weighted by Gasteiger charge is 2.23. The molecule has 4 heteroatoms. The lowest BCUT2D eigenvalue weighted by atomic mass is 10.1. The number of benzene rings is 1. The van der Waals surface area contributed by atoms with Crippen molar-refractivity contribution in [2.75, 3.05) is 18.0 Å². The van der Waals surface area contributed by atoms with Crippen molar-refractivity contribution in [2.45, 2.75) is 25.5 Å². The van der Waals surface area contributed by atoms with Crippen LogP contribution in [0, 0.1) is 0 Å². The zero-order valence-corrected chi connectivity index (χ0v) is 10.9. The van der Waals surface area contributed by atoms with Gasteiger partial charge in [0.25, 0.3) is 0 Å². The molecular weight excluding hydrogens is 268 g/mol. The summed E-state index contributed by atoms with van der Waals surface area (Å²) in [5.74, 6) is 0. The quantitative estimate of drug-likeness (QED) is 0.874. The fourth-order valence-corrected chi connectivity index (χ4v) is 2.49. The molecule has 3 nitrogen and oxygen atoms in total. The summed E-state index contributed by atoms with van der Waals surface area (Å²) in [5.41, 5.74) is 8.24. The van der Waals surface area contributed by atoms with Gasteiger partial charge in [-0.25, -0.2) is 0 Å². The molecule has 1 aliphatic heterocycles. The van der Waals surface area contributed by atoms with Crippen LogP contribution in [0.25, 0.3) is 0 Å². The molecule has 0 aromatic heterocycles. The summed E-state index contributed by atoms with van der Waals surface area (Å²) in [6.45, 7) is 3.59. The molecule has 1 aromatic rings. The van der Waals surface area contributed by atoms with Gasteiger partial charge in [-0.05, 0) is 31.0 Å². The van der Waals surface area contributed by atoms with Crippen LogP contribution in [-0.2, 0) is 0 Å². The fraction of sp³-hybridized carbons (Fsp3) is 0.500. The third-order valence-corrected chi connectivity index (χ3v) is 3.48. The summed E-state index contributed by atoms with van der Waals surface area (Å²) in [6, 6.07) is 6.15. The second kappa shape index (κ2) is 4.73. The third-order valence-electron chi connectivity index (χ3n) is 2.99. The Balaban J connectivity index is 2.34. The van der Waals surface area contributed by atoms with Crippen molar-refractivity contribution in [3.05, 3.63) is 28.2 Å². The second-order valence-electron chi connectivity index (χ2n) is 4.38. The van der Waals surface area contributed by atoms with E-state index in [1.807, 2.05) is 13.0 Å². The maximum absolute atomic E-state index is 9.58. The van der Waals surface area contributed by atoms with Gasteiger partial charge in [-0.1, -0.05) is 22.0 Å². The lowest BCUT2D eigenvalue weighted by Crippen LogP contribution is -2.23. The van der Waals surface area contributed by atoms with E-state index in [4.69, 9.17) is 5.73 Å². The minimum atomic E-state index is -0.208. The standard InChI is InChI=1S/C12H17BrN2O/c1-8(14)11-3-2-9(13)6-12(11)15-5-4-10(16)7-15/h2-3,6,8,10,16H,4-5,7,14H2,1H3. The predicted molar refractivity (Wildman–Crippen MR) is 69.6 cm³/mol. The van der Waals surface area contributed by atoms with Crippen molar-refractivity contribution < 1.29 is 5.11 Å². The zero-order valence-electron chi connectivity index (χ0n) is 9.36. The first-order valence-electron chi connectivity index (χ1n) is 5.56. The van der Waals surface area contributed by atoms with E-state index in [2.05, 4.69) is 33.0 Å². The van der Waals surface area contributed by atoms with E-state index < -0.39 is 0 Å². The number of anilines is 1. The highest BCUT2D eigenvalue weighted by atomic mass is 79.9. The Labute approximate surface area is 104 Å². The average molecular weight is 285 g/mol. The van der Waals surface area contributed by atoms with E-state index in [0.29, 0.717) is 6.54 Å². The number of nitrogens with zero attached hydrogens (tertiary/aromatic N) is 1. The van der Waals surface area contributed by atoms with Gasteiger partial charge in [0.05, 0.1) is 6.10 Å². The Morgan fingerprint density at radius 2 is 2.31 bits per heavy atom. The van der Waals surface area contributed by atoms with Gasteiger partial charge in [-0.2, -0.15) is 0 Å². The van der Waals surface area contributed by atoms with Crippen LogP contribution in [0.5, 0.6) is 0 Å². The minimum Gasteiger partial charge on any atom is -0.391 e. The molecule has 0 aliphatic carbocycles. The third kappa shape index (κ3) is 2.39. The number of halogens is 1. The van der Waals surface area contributed by atoms with Gasteiger partial charge in [-0.3, -0.25) is 0 Å². The molecule has 88 valence electrons. The van der Waals surface area contributed by atoms with Crippen LogP contribution in [0.15, 0.2) is 22.7 Å². The van der Waals surface area contributed by atoms with Crippen molar-refractivity contribution in [3.8, 4) is 0 Å². The molecule has 0 amide bonds. The summed E-state index contributed by atoms with van der Waals surface area (Å²) >= 11 is 3.48. The summed E-state index contributed by atoms with van der Waals surface area (Å²) in [6.07, 6.45) is 0.630. The van der Waals surface area contributed by atoms with E-state index in [-0.39, 0.29) is 12.1 Å². The topological polar surface area (TPSA) is 49.5 Å². The minimum absolute atomic E-state index is 0.0147. The van der Waals surface area contributed by atoms with Crippen LogP contribution < -0.4 is 10.6 Å². The number of hydrogen-bond donors (Lipinski definition) is 2. The first kappa shape index (κ1) is 11.9. The number of aliphatic hydroxyl groups is 1.